The number of aliphatic imine (C=N–C) groups is 1. The van der Waals surface area contributed by atoms with Gasteiger partial charge in [0.1, 0.15) is 5.82 Å². The van der Waals surface area contributed by atoms with Crippen LogP contribution in [0.4, 0.5) is 4.39 Å². The number of guanidine groups is 1. The number of rotatable bonds is 6. The van der Waals surface area contributed by atoms with Crippen molar-refractivity contribution in [1.29, 1.82) is 0 Å². The van der Waals surface area contributed by atoms with Crippen molar-refractivity contribution < 1.29 is 4.39 Å². The molecule has 0 radical (unpaired) electrons. The SMILES string of the molecule is CC(C)CCNC(N)=NCc1ccn(-c2ccc(F)cc2)n1.I. The predicted molar refractivity (Wildman–Crippen MR) is 102 cm³/mol. The molecule has 0 unspecified atom stereocenters. The molecule has 0 amide bonds. The van der Waals surface area contributed by atoms with E-state index in [-0.39, 0.29) is 29.8 Å². The molecule has 7 heteroatoms. The zero-order valence-electron chi connectivity index (χ0n) is 13.4. The van der Waals surface area contributed by atoms with Crippen molar-refractivity contribution in [2.75, 3.05) is 6.54 Å². The van der Waals surface area contributed by atoms with Gasteiger partial charge in [-0.05, 0) is 42.7 Å². The maximum absolute atomic E-state index is 12.9. The smallest absolute Gasteiger partial charge is 0.188 e. The lowest BCUT2D eigenvalue weighted by molar-refractivity contribution is 0.576. The Labute approximate surface area is 153 Å². The van der Waals surface area contributed by atoms with Crippen molar-refractivity contribution in [3.8, 4) is 5.69 Å². The Morgan fingerprint density at radius 3 is 2.65 bits per heavy atom. The van der Waals surface area contributed by atoms with Gasteiger partial charge in [-0.2, -0.15) is 5.10 Å². The standard InChI is InChI=1S/C16H22FN5.HI/c1-12(2)7-9-19-16(18)20-11-14-8-10-22(21-14)15-5-3-13(17)4-6-15;/h3-6,8,10,12H,7,9,11H2,1-2H3,(H3,18,19,20);1H. The Balaban J connectivity index is 0.00000264. The fourth-order valence-corrected chi connectivity index (χ4v) is 1.89. The summed E-state index contributed by atoms with van der Waals surface area (Å²) in [7, 11) is 0. The molecule has 3 N–H and O–H groups in total. The first kappa shape index (κ1) is 19.4. The average molecular weight is 431 g/mol. The van der Waals surface area contributed by atoms with Crippen LogP contribution >= 0.6 is 24.0 Å². The van der Waals surface area contributed by atoms with E-state index in [9.17, 15) is 4.39 Å². The van der Waals surface area contributed by atoms with Crippen LogP contribution < -0.4 is 11.1 Å². The normalized spacial score (nSPS) is 11.4. The summed E-state index contributed by atoms with van der Waals surface area (Å²) in [6.07, 6.45) is 2.87. The van der Waals surface area contributed by atoms with Crippen LogP contribution in [0.5, 0.6) is 0 Å². The lowest BCUT2D eigenvalue weighted by Crippen LogP contribution is -2.32. The predicted octanol–water partition coefficient (Wildman–Crippen LogP) is 3.08. The molecule has 0 aliphatic rings. The highest BCUT2D eigenvalue weighted by Crippen LogP contribution is 2.09. The average Bonchev–Trinajstić information content (AvgIpc) is 2.94. The van der Waals surface area contributed by atoms with E-state index in [2.05, 4.69) is 29.3 Å². The Morgan fingerprint density at radius 2 is 2.00 bits per heavy atom. The fourth-order valence-electron chi connectivity index (χ4n) is 1.89. The Hall–Kier alpha value is -1.64. The van der Waals surface area contributed by atoms with Crippen LogP contribution in [0.1, 0.15) is 26.0 Å². The van der Waals surface area contributed by atoms with Crippen LogP contribution in [-0.2, 0) is 6.54 Å². The highest BCUT2D eigenvalue weighted by molar-refractivity contribution is 14.0. The van der Waals surface area contributed by atoms with Crippen LogP contribution in [0.2, 0.25) is 0 Å². The fraction of sp³-hybridized carbons (Fsp3) is 0.375. The van der Waals surface area contributed by atoms with Crippen LogP contribution in [0, 0.1) is 11.7 Å². The van der Waals surface area contributed by atoms with Crippen LogP contribution in [-0.4, -0.2) is 22.3 Å². The molecule has 126 valence electrons. The largest absolute Gasteiger partial charge is 0.370 e. The van der Waals surface area contributed by atoms with E-state index >= 15 is 0 Å². The number of hydrogen-bond donors (Lipinski definition) is 2. The first-order valence-electron chi connectivity index (χ1n) is 7.39. The van der Waals surface area contributed by atoms with Gasteiger partial charge in [-0.25, -0.2) is 14.1 Å². The molecule has 0 spiro atoms. The molecule has 0 saturated heterocycles. The quantitative estimate of drug-likeness (QED) is 0.420. The summed E-state index contributed by atoms with van der Waals surface area (Å²) in [5.41, 5.74) is 7.41. The second-order valence-corrected chi connectivity index (χ2v) is 5.54. The molecule has 0 aliphatic heterocycles. The molecule has 5 nitrogen and oxygen atoms in total. The first-order valence-corrected chi connectivity index (χ1v) is 7.39. The Bertz CT molecular complexity index is 622. The number of nitrogens with zero attached hydrogens (tertiary/aromatic N) is 3. The maximum Gasteiger partial charge on any atom is 0.188 e. The van der Waals surface area contributed by atoms with Crippen LogP contribution in [0.25, 0.3) is 5.69 Å². The van der Waals surface area contributed by atoms with Gasteiger partial charge in [0, 0.05) is 12.7 Å². The highest BCUT2D eigenvalue weighted by atomic mass is 127. The summed E-state index contributed by atoms with van der Waals surface area (Å²) < 4.78 is 14.6. The van der Waals surface area contributed by atoms with Gasteiger partial charge in [0.05, 0.1) is 17.9 Å². The third-order valence-corrected chi connectivity index (χ3v) is 3.17. The van der Waals surface area contributed by atoms with E-state index in [1.165, 1.54) is 12.1 Å². The first-order chi connectivity index (χ1) is 10.5. The van der Waals surface area contributed by atoms with E-state index in [4.69, 9.17) is 5.73 Å². The number of halogens is 2. The van der Waals surface area contributed by atoms with Crippen molar-refractivity contribution >= 4 is 29.9 Å². The van der Waals surface area contributed by atoms with E-state index in [1.807, 2.05) is 12.3 Å². The third-order valence-electron chi connectivity index (χ3n) is 3.17. The van der Waals surface area contributed by atoms with Crippen molar-refractivity contribution in [1.82, 2.24) is 15.1 Å². The minimum atomic E-state index is -0.263. The molecule has 0 atom stereocenters. The summed E-state index contributed by atoms with van der Waals surface area (Å²) in [5, 5.41) is 7.47. The van der Waals surface area contributed by atoms with Crippen molar-refractivity contribution in [3.63, 3.8) is 0 Å². The molecule has 1 aromatic carbocycles. The molecule has 23 heavy (non-hydrogen) atoms. The minimum absolute atomic E-state index is 0. The molecular formula is C16H23FIN5. The molecule has 1 heterocycles. The van der Waals surface area contributed by atoms with Crippen molar-refractivity contribution in [3.05, 3.63) is 48.0 Å². The summed E-state index contributed by atoms with van der Waals surface area (Å²) in [6, 6.07) is 8.04. The van der Waals surface area contributed by atoms with E-state index in [0.717, 1.165) is 24.3 Å². The van der Waals surface area contributed by atoms with E-state index in [0.29, 0.717) is 18.4 Å². The van der Waals surface area contributed by atoms with Gasteiger partial charge in [0.25, 0.3) is 0 Å². The molecule has 2 rings (SSSR count). The Morgan fingerprint density at radius 1 is 1.30 bits per heavy atom. The van der Waals surface area contributed by atoms with Crippen molar-refractivity contribution in [2.24, 2.45) is 16.6 Å². The van der Waals surface area contributed by atoms with Crippen LogP contribution in [0.3, 0.4) is 0 Å². The summed E-state index contributed by atoms with van der Waals surface area (Å²) in [5.74, 6) is 0.796. The second kappa shape index (κ2) is 9.49. The lowest BCUT2D eigenvalue weighted by Gasteiger charge is -2.07. The number of aromatic nitrogens is 2. The molecule has 0 aliphatic carbocycles. The van der Waals surface area contributed by atoms with Crippen molar-refractivity contribution in [2.45, 2.75) is 26.8 Å². The molecule has 0 fully saturated rings. The van der Waals surface area contributed by atoms with Gasteiger partial charge < -0.3 is 11.1 Å². The molecule has 1 aromatic heterocycles. The van der Waals surface area contributed by atoms with E-state index in [1.54, 1.807) is 16.8 Å². The topological polar surface area (TPSA) is 68.2 Å². The highest BCUT2D eigenvalue weighted by Gasteiger charge is 2.02. The molecular weight excluding hydrogens is 408 g/mol. The number of benzene rings is 1. The monoisotopic (exact) mass is 431 g/mol. The summed E-state index contributed by atoms with van der Waals surface area (Å²) in [6.45, 7) is 5.56. The van der Waals surface area contributed by atoms with E-state index < -0.39 is 0 Å². The van der Waals surface area contributed by atoms with Crippen LogP contribution in [0.15, 0.2) is 41.5 Å². The number of nitrogens with two attached hydrogens (primary N) is 1. The van der Waals surface area contributed by atoms with Gasteiger partial charge in [0.2, 0.25) is 0 Å². The number of hydrogen-bond acceptors (Lipinski definition) is 2. The third kappa shape index (κ3) is 6.55. The second-order valence-electron chi connectivity index (χ2n) is 5.54. The molecule has 0 bridgehead atoms. The summed E-state index contributed by atoms with van der Waals surface area (Å²) in [4.78, 5) is 4.26. The summed E-state index contributed by atoms with van der Waals surface area (Å²) >= 11 is 0. The van der Waals surface area contributed by atoms with Gasteiger partial charge in [-0.15, -0.1) is 24.0 Å². The van der Waals surface area contributed by atoms with Gasteiger partial charge >= 0.3 is 0 Å². The lowest BCUT2D eigenvalue weighted by atomic mass is 10.1. The minimum Gasteiger partial charge on any atom is -0.370 e. The van der Waals surface area contributed by atoms with Gasteiger partial charge in [-0.3, -0.25) is 0 Å². The zero-order valence-corrected chi connectivity index (χ0v) is 15.7. The zero-order chi connectivity index (χ0) is 15.9. The van der Waals surface area contributed by atoms with Gasteiger partial charge in [0.15, 0.2) is 5.96 Å². The maximum atomic E-state index is 12.9. The Kier molecular flexibility index (Phi) is 8.01. The van der Waals surface area contributed by atoms with Gasteiger partial charge in [-0.1, -0.05) is 13.8 Å². The molecule has 2 aromatic rings. The molecule has 0 saturated carbocycles. The number of nitrogens with one attached hydrogen (secondary N) is 1.